The molecule has 1 saturated heterocycles. The number of nitrogens with zero attached hydrogens (tertiary/aromatic N) is 3. The molecule has 136 valence electrons. The van der Waals surface area contributed by atoms with Crippen molar-refractivity contribution in [3.05, 3.63) is 59.7 Å². The molecule has 1 heterocycles. The summed E-state index contributed by atoms with van der Waals surface area (Å²) in [5.41, 5.74) is 4.89. The van der Waals surface area contributed by atoms with Gasteiger partial charge >= 0.3 is 6.03 Å². The minimum absolute atomic E-state index is 0.0810. The van der Waals surface area contributed by atoms with Crippen LogP contribution in [0.25, 0.3) is 0 Å². The molecule has 26 heavy (non-hydrogen) atoms. The number of carbonyl (C=O) groups is 1. The van der Waals surface area contributed by atoms with Crippen molar-refractivity contribution in [3.8, 4) is 0 Å². The first-order chi connectivity index (χ1) is 12.6. The van der Waals surface area contributed by atoms with E-state index in [1.54, 1.807) is 0 Å². The van der Waals surface area contributed by atoms with Crippen LogP contribution in [0, 0.1) is 5.92 Å². The smallest absolute Gasteiger partial charge is 0.309 e. The van der Waals surface area contributed by atoms with Gasteiger partial charge < -0.3 is 4.90 Å². The van der Waals surface area contributed by atoms with E-state index in [2.05, 4.69) is 37.2 Å². The van der Waals surface area contributed by atoms with Crippen LogP contribution in [0.3, 0.4) is 0 Å². The lowest BCUT2D eigenvalue weighted by Crippen LogP contribution is -2.32. The van der Waals surface area contributed by atoms with Gasteiger partial charge in [0.2, 0.25) is 0 Å². The van der Waals surface area contributed by atoms with Gasteiger partial charge in [-0.1, -0.05) is 24.3 Å². The Morgan fingerprint density at radius 2 is 1.69 bits per heavy atom. The number of amides is 2. The molecule has 0 aromatic heterocycles. The number of fused-ring (bicyclic) bond motifs is 1. The average molecular weight is 349 g/mol. The lowest BCUT2D eigenvalue weighted by molar-refractivity contribution is 0.256. The third-order valence-corrected chi connectivity index (χ3v) is 5.53. The lowest BCUT2D eigenvalue weighted by Gasteiger charge is -2.28. The first-order valence-electron chi connectivity index (χ1n) is 9.52. The van der Waals surface area contributed by atoms with Crippen molar-refractivity contribution in [2.24, 2.45) is 5.92 Å². The van der Waals surface area contributed by atoms with Crippen molar-refractivity contribution in [3.63, 3.8) is 0 Å². The summed E-state index contributed by atoms with van der Waals surface area (Å²) in [6, 6.07) is 16.6. The van der Waals surface area contributed by atoms with Gasteiger partial charge in [0.05, 0.1) is 0 Å². The number of hydrogen-bond acceptors (Lipinski definition) is 2. The Kier molecular flexibility index (Phi) is 4.68. The van der Waals surface area contributed by atoms with E-state index in [4.69, 9.17) is 0 Å². The van der Waals surface area contributed by atoms with Crippen LogP contribution in [0.5, 0.6) is 0 Å². The quantitative estimate of drug-likeness (QED) is 0.839. The fourth-order valence-corrected chi connectivity index (χ4v) is 4.28. The Hall–Kier alpha value is -2.33. The molecule has 4 rings (SSSR count). The maximum absolute atomic E-state index is 12.9. The summed E-state index contributed by atoms with van der Waals surface area (Å²) < 4.78 is 0. The van der Waals surface area contributed by atoms with Gasteiger partial charge in [0.1, 0.15) is 0 Å². The van der Waals surface area contributed by atoms with E-state index in [1.165, 1.54) is 17.5 Å². The van der Waals surface area contributed by atoms with Crippen LogP contribution < -0.4 is 9.80 Å². The number of benzene rings is 2. The largest absolute Gasteiger partial charge is 0.329 e. The third kappa shape index (κ3) is 3.34. The van der Waals surface area contributed by atoms with E-state index in [0.29, 0.717) is 0 Å². The van der Waals surface area contributed by atoms with Crippen molar-refractivity contribution >= 4 is 17.4 Å². The summed E-state index contributed by atoms with van der Waals surface area (Å²) in [4.78, 5) is 19.0. The van der Waals surface area contributed by atoms with Gasteiger partial charge in [-0.05, 0) is 74.7 Å². The first kappa shape index (κ1) is 17.1. The number of aryl methyl sites for hydroxylation is 1. The highest BCUT2D eigenvalue weighted by atomic mass is 16.2. The Labute approximate surface area is 156 Å². The van der Waals surface area contributed by atoms with E-state index < -0.39 is 0 Å². The molecule has 4 heteroatoms. The number of urea groups is 1. The van der Waals surface area contributed by atoms with Gasteiger partial charge in [-0.15, -0.1) is 0 Å². The number of para-hydroxylation sites is 1. The molecule has 0 saturated carbocycles. The Morgan fingerprint density at radius 3 is 2.42 bits per heavy atom. The standard InChI is InChI=1S/C22H27N3O/c1-23(2)16-17-8-9-19-15-21(11-10-18(19)14-17)25-13-12-24(22(25)26)20-6-4-3-5-7-20/h3-7,10-11,15,17H,8-9,12-14,16H2,1-2H3. The number of anilines is 2. The third-order valence-electron chi connectivity index (χ3n) is 5.53. The molecule has 1 aliphatic carbocycles. The highest BCUT2D eigenvalue weighted by molar-refractivity contribution is 6.06. The van der Waals surface area contributed by atoms with Crippen LogP contribution >= 0.6 is 0 Å². The van der Waals surface area contributed by atoms with Crippen molar-refractivity contribution in [2.45, 2.75) is 19.3 Å². The molecule has 0 N–H and O–H groups in total. The van der Waals surface area contributed by atoms with E-state index in [0.717, 1.165) is 49.8 Å². The van der Waals surface area contributed by atoms with Crippen molar-refractivity contribution in [1.82, 2.24) is 4.90 Å². The summed E-state index contributed by atoms with van der Waals surface area (Å²) in [5, 5.41) is 0. The summed E-state index contributed by atoms with van der Waals surface area (Å²) >= 11 is 0. The van der Waals surface area contributed by atoms with E-state index in [1.807, 2.05) is 40.1 Å². The molecule has 0 spiro atoms. The zero-order valence-corrected chi connectivity index (χ0v) is 15.7. The summed E-state index contributed by atoms with van der Waals surface area (Å²) in [6.45, 7) is 2.64. The van der Waals surface area contributed by atoms with E-state index >= 15 is 0 Å². The fraction of sp³-hybridized carbons (Fsp3) is 0.409. The first-order valence-corrected chi connectivity index (χ1v) is 9.52. The van der Waals surface area contributed by atoms with Crippen LogP contribution in [0.4, 0.5) is 16.2 Å². The molecule has 4 nitrogen and oxygen atoms in total. The number of rotatable bonds is 4. The number of hydrogen-bond donors (Lipinski definition) is 0. The second kappa shape index (κ2) is 7.12. The fourth-order valence-electron chi connectivity index (χ4n) is 4.28. The van der Waals surface area contributed by atoms with Gasteiger partial charge in [0.25, 0.3) is 0 Å². The zero-order valence-electron chi connectivity index (χ0n) is 15.7. The second-order valence-corrected chi connectivity index (χ2v) is 7.75. The molecule has 2 aromatic carbocycles. The normalized spacial score (nSPS) is 20.0. The topological polar surface area (TPSA) is 26.8 Å². The highest BCUT2D eigenvalue weighted by Crippen LogP contribution is 2.31. The van der Waals surface area contributed by atoms with E-state index in [-0.39, 0.29) is 6.03 Å². The SMILES string of the molecule is CN(C)CC1CCc2cc(N3CCN(c4ccccc4)C3=O)ccc2C1. The molecule has 2 aliphatic rings. The van der Waals surface area contributed by atoms with Crippen LogP contribution in [0.15, 0.2) is 48.5 Å². The maximum Gasteiger partial charge on any atom is 0.329 e. The summed E-state index contributed by atoms with van der Waals surface area (Å²) in [7, 11) is 4.30. The predicted molar refractivity (Wildman–Crippen MR) is 107 cm³/mol. The predicted octanol–water partition coefficient (Wildman–Crippen LogP) is 3.80. The molecular formula is C22H27N3O. The Morgan fingerprint density at radius 1 is 0.962 bits per heavy atom. The monoisotopic (exact) mass is 349 g/mol. The summed E-state index contributed by atoms with van der Waals surface area (Å²) in [6.07, 6.45) is 3.50. The van der Waals surface area contributed by atoms with Gasteiger partial charge in [-0.2, -0.15) is 0 Å². The molecule has 2 aromatic rings. The van der Waals surface area contributed by atoms with Crippen LogP contribution in [0.2, 0.25) is 0 Å². The minimum atomic E-state index is 0.0810. The van der Waals surface area contributed by atoms with Gasteiger partial charge in [0.15, 0.2) is 0 Å². The molecule has 0 radical (unpaired) electrons. The molecular weight excluding hydrogens is 322 g/mol. The molecule has 1 aliphatic heterocycles. The molecule has 2 amide bonds. The zero-order chi connectivity index (χ0) is 18.1. The van der Waals surface area contributed by atoms with E-state index in [9.17, 15) is 4.79 Å². The second-order valence-electron chi connectivity index (χ2n) is 7.75. The minimum Gasteiger partial charge on any atom is -0.309 e. The molecule has 1 fully saturated rings. The average Bonchev–Trinajstić information content (AvgIpc) is 3.03. The Balaban J connectivity index is 1.50. The van der Waals surface area contributed by atoms with Gasteiger partial charge in [-0.25, -0.2) is 4.79 Å². The molecule has 1 atom stereocenters. The van der Waals surface area contributed by atoms with Crippen molar-refractivity contribution < 1.29 is 4.79 Å². The summed E-state index contributed by atoms with van der Waals surface area (Å²) in [5.74, 6) is 0.741. The van der Waals surface area contributed by atoms with Crippen molar-refractivity contribution in [2.75, 3.05) is 43.5 Å². The molecule has 1 unspecified atom stereocenters. The number of carbonyl (C=O) groups excluding carboxylic acids is 1. The lowest BCUT2D eigenvalue weighted by atomic mass is 9.83. The molecule has 0 bridgehead atoms. The maximum atomic E-state index is 12.9. The highest BCUT2D eigenvalue weighted by Gasteiger charge is 2.31. The van der Waals surface area contributed by atoms with Crippen LogP contribution in [-0.2, 0) is 12.8 Å². The van der Waals surface area contributed by atoms with Crippen LogP contribution in [-0.4, -0.2) is 44.7 Å². The van der Waals surface area contributed by atoms with Crippen LogP contribution in [0.1, 0.15) is 17.5 Å². The van der Waals surface area contributed by atoms with Crippen molar-refractivity contribution in [1.29, 1.82) is 0 Å². The van der Waals surface area contributed by atoms with Gasteiger partial charge in [-0.3, -0.25) is 9.80 Å². The Bertz CT molecular complexity index is 787. The van der Waals surface area contributed by atoms with Gasteiger partial charge in [0, 0.05) is 31.0 Å².